The van der Waals surface area contributed by atoms with E-state index in [2.05, 4.69) is 10.6 Å². The second-order valence-electron chi connectivity index (χ2n) is 5.03. The van der Waals surface area contributed by atoms with Crippen LogP contribution >= 0.6 is 0 Å². The molecule has 0 aromatic heterocycles. The average molecular weight is 260 g/mol. The zero-order chi connectivity index (χ0) is 12.3. The summed E-state index contributed by atoms with van der Waals surface area (Å²) in [5.74, 6) is 0.403. The molecule has 1 atom stereocenters. The third kappa shape index (κ3) is 3.96. The zero-order valence-corrected chi connectivity index (χ0v) is 10.8. The number of carbonyl (C=O) groups is 1. The lowest BCUT2D eigenvalue weighted by molar-refractivity contribution is -0.121. The molecule has 1 unspecified atom stereocenters. The zero-order valence-electron chi connectivity index (χ0n) is 9.94. The summed E-state index contributed by atoms with van der Waals surface area (Å²) in [6, 6.07) is 0.283. The van der Waals surface area contributed by atoms with Crippen LogP contribution in [0.4, 0.5) is 0 Å². The fourth-order valence-electron chi connectivity index (χ4n) is 2.54. The fourth-order valence-corrected chi connectivity index (χ4v) is 4.25. The predicted molar refractivity (Wildman–Crippen MR) is 65.5 cm³/mol. The normalized spacial score (nSPS) is 28.4. The SMILES string of the molecule is O=C(CNC1CCS(=O)(=O)C1)NC1CCCC1. The maximum atomic E-state index is 11.6. The highest BCUT2D eigenvalue weighted by Crippen LogP contribution is 2.17. The Kier molecular flexibility index (Phi) is 4.04. The van der Waals surface area contributed by atoms with Gasteiger partial charge in [0.25, 0.3) is 0 Å². The van der Waals surface area contributed by atoms with Crippen molar-refractivity contribution in [3.63, 3.8) is 0 Å². The first-order valence-electron chi connectivity index (χ1n) is 6.28. The summed E-state index contributed by atoms with van der Waals surface area (Å²) in [5, 5.41) is 5.99. The van der Waals surface area contributed by atoms with Gasteiger partial charge in [0.1, 0.15) is 0 Å². The molecule has 0 radical (unpaired) electrons. The Morgan fingerprint density at radius 1 is 1.12 bits per heavy atom. The molecule has 0 spiro atoms. The molecule has 17 heavy (non-hydrogen) atoms. The first kappa shape index (κ1) is 12.8. The van der Waals surface area contributed by atoms with Crippen molar-refractivity contribution in [2.45, 2.75) is 44.2 Å². The largest absolute Gasteiger partial charge is 0.352 e. The van der Waals surface area contributed by atoms with Crippen molar-refractivity contribution < 1.29 is 13.2 Å². The van der Waals surface area contributed by atoms with E-state index >= 15 is 0 Å². The molecule has 2 N–H and O–H groups in total. The average Bonchev–Trinajstić information content (AvgIpc) is 2.85. The summed E-state index contributed by atoms with van der Waals surface area (Å²) in [7, 11) is -2.86. The van der Waals surface area contributed by atoms with E-state index in [1.165, 1.54) is 12.8 Å². The lowest BCUT2D eigenvalue weighted by Gasteiger charge is -2.14. The van der Waals surface area contributed by atoms with Gasteiger partial charge in [-0.15, -0.1) is 0 Å². The molecule has 0 aromatic rings. The monoisotopic (exact) mass is 260 g/mol. The highest BCUT2D eigenvalue weighted by atomic mass is 32.2. The highest BCUT2D eigenvalue weighted by molar-refractivity contribution is 7.91. The molecule has 0 bridgehead atoms. The molecule has 1 heterocycles. The minimum atomic E-state index is -2.86. The van der Waals surface area contributed by atoms with E-state index in [-0.39, 0.29) is 30.0 Å². The van der Waals surface area contributed by atoms with E-state index in [4.69, 9.17) is 0 Å². The number of carbonyl (C=O) groups excluding carboxylic acids is 1. The Labute approximate surface area is 102 Å². The molecule has 1 aliphatic heterocycles. The first-order valence-corrected chi connectivity index (χ1v) is 8.10. The van der Waals surface area contributed by atoms with Gasteiger partial charge in [-0.3, -0.25) is 4.79 Å². The minimum absolute atomic E-state index is 0.0128. The van der Waals surface area contributed by atoms with Gasteiger partial charge in [0.05, 0.1) is 18.1 Å². The van der Waals surface area contributed by atoms with Crippen molar-refractivity contribution in [1.29, 1.82) is 0 Å². The standard InChI is InChI=1S/C11H20N2O3S/c14-11(13-9-3-1-2-4-9)7-12-10-5-6-17(15,16)8-10/h9-10,12H,1-8H2,(H,13,14). The molecule has 1 saturated heterocycles. The molecule has 2 aliphatic rings. The summed E-state index contributed by atoms with van der Waals surface area (Å²) >= 11 is 0. The molecule has 2 rings (SSSR count). The van der Waals surface area contributed by atoms with Gasteiger partial charge >= 0.3 is 0 Å². The Hall–Kier alpha value is -0.620. The predicted octanol–water partition coefficient (Wildman–Crippen LogP) is -0.178. The van der Waals surface area contributed by atoms with Crippen LogP contribution in [0.2, 0.25) is 0 Å². The van der Waals surface area contributed by atoms with Gasteiger partial charge in [-0.2, -0.15) is 0 Å². The van der Waals surface area contributed by atoms with Gasteiger partial charge in [0.15, 0.2) is 9.84 Å². The number of hydrogen-bond acceptors (Lipinski definition) is 4. The number of hydrogen-bond donors (Lipinski definition) is 2. The molecule has 1 aliphatic carbocycles. The topological polar surface area (TPSA) is 75.3 Å². The van der Waals surface area contributed by atoms with Gasteiger partial charge in [0.2, 0.25) is 5.91 Å². The van der Waals surface area contributed by atoms with Crippen molar-refractivity contribution in [3.8, 4) is 0 Å². The maximum absolute atomic E-state index is 11.6. The van der Waals surface area contributed by atoms with Crippen molar-refractivity contribution in [2.75, 3.05) is 18.1 Å². The van der Waals surface area contributed by atoms with Crippen LogP contribution in [0.25, 0.3) is 0 Å². The number of rotatable bonds is 4. The molecular formula is C11H20N2O3S. The van der Waals surface area contributed by atoms with E-state index in [1.54, 1.807) is 0 Å². The van der Waals surface area contributed by atoms with Crippen LogP contribution in [0.1, 0.15) is 32.1 Å². The van der Waals surface area contributed by atoms with Gasteiger partial charge < -0.3 is 10.6 Å². The second-order valence-corrected chi connectivity index (χ2v) is 7.26. The molecule has 6 heteroatoms. The Morgan fingerprint density at radius 2 is 1.82 bits per heavy atom. The van der Waals surface area contributed by atoms with E-state index in [0.29, 0.717) is 12.5 Å². The van der Waals surface area contributed by atoms with Gasteiger partial charge in [-0.25, -0.2) is 8.42 Å². The van der Waals surface area contributed by atoms with Crippen LogP contribution in [0.15, 0.2) is 0 Å². The van der Waals surface area contributed by atoms with Crippen molar-refractivity contribution in [3.05, 3.63) is 0 Å². The van der Waals surface area contributed by atoms with E-state index in [0.717, 1.165) is 12.8 Å². The molecular weight excluding hydrogens is 240 g/mol. The first-order chi connectivity index (χ1) is 8.05. The van der Waals surface area contributed by atoms with Crippen LogP contribution < -0.4 is 10.6 Å². The van der Waals surface area contributed by atoms with Crippen LogP contribution in [0.5, 0.6) is 0 Å². The third-order valence-electron chi connectivity index (χ3n) is 3.50. The van der Waals surface area contributed by atoms with Crippen molar-refractivity contribution in [1.82, 2.24) is 10.6 Å². The quantitative estimate of drug-likeness (QED) is 0.735. The van der Waals surface area contributed by atoms with Crippen LogP contribution in [-0.2, 0) is 14.6 Å². The summed E-state index contributed by atoms with van der Waals surface area (Å²) < 4.78 is 22.4. The highest BCUT2D eigenvalue weighted by Gasteiger charge is 2.28. The van der Waals surface area contributed by atoms with Crippen LogP contribution in [0, 0.1) is 0 Å². The molecule has 1 amide bonds. The summed E-state index contributed by atoms with van der Waals surface area (Å²) in [6.45, 7) is 0.233. The number of amides is 1. The van der Waals surface area contributed by atoms with E-state index in [9.17, 15) is 13.2 Å². The minimum Gasteiger partial charge on any atom is -0.352 e. The van der Waals surface area contributed by atoms with Gasteiger partial charge in [0, 0.05) is 12.1 Å². The number of sulfone groups is 1. The van der Waals surface area contributed by atoms with Crippen molar-refractivity contribution >= 4 is 15.7 Å². The summed E-state index contributed by atoms with van der Waals surface area (Å²) in [4.78, 5) is 11.6. The lowest BCUT2D eigenvalue weighted by Crippen LogP contribution is -2.42. The van der Waals surface area contributed by atoms with Crippen molar-refractivity contribution in [2.24, 2.45) is 0 Å². The molecule has 2 fully saturated rings. The van der Waals surface area contributed by atoms with Gasteiger partial charge in [-0.05, 0) is 19.3 Å². The summed E-state index contributed by atoms with van der Waals surface area (Å²) in [5.41, 5.74) is 0. The second kappa shape index (κ2) is 5.35. The number of nitrogens with one attached hydrogen (secondary N) is 2. The third-order valence-corrected chi connectivity index (χ3v) is 5.27. The van der Waals surface area contributed by atoms with Crippen LogP contribution in [-0.4, -0.2) is 44.5 Å². The molecule has 0 aromatic carbocycles. The Bertz CT molecular complexity index is 374. The molecule has 5 nitrogen and oxygen atoms in total. The lowest BCUT2D eigenvalue weighted by atomic mass is 10.2. The Morgan fingerprint density at radius 3 is 2.41 bits per heavy atom. The summed E-state index contributed by atoms with van der Waals surface area (Å²) in [6.07, 6.45) is 5.16. The van der Waals surface area contributed by atoms with E-state index in [1.807, 2.05) is 0 Å². The molecule has 98 valence electrons. The smallest absolute Gasteiger partial charge is 0.234 e. The van der Waals surface area contributed by atoms with Gasteiger partial charge in [-0.1, -0.05) is 12.8 Å². The Balaban J connectivity index is 1.66. The molecule has 1 saturated carbocycles. The fraction of sp³-hybridized carbons (Fsp3) is 0.909. The van der Waals surface area contributed by atoms with Crippen LogP contribution in [0.3, 0.4) is 0 Å². The van der Waals surface area contributed by atoms with E-state index < -0.39 is 9.84 Å². The maximum Gasteiger partial charge on any atom is 0.234 e.